The first-order valence-electron chi connectivity index (χ1n) is 7.79. The van der Waals surface area contributed by atoms with E-state index in [1.54, 1.807) is 0 Å². The third-order valence-electron chi connectivity index (χ3n) is 3.97. The molecule has 2 aromatic rings. The van der Waals surface area contributed by atoms with Gasteiger partial charge in [-0.05, 0) is 31.2 Å². The lowest BCUT2D eigenvalue weighted by Crippen LogP contribution is -2.42. The quantitative estimate of drug-likeness (QED) is 0.537. The number of nitro benzene ring substituents is 1. The Morgan fingerprint density at radius 1 is 1.22 bits per heavy atom. The Hall–Kier alpha value is -2.98. The fraction of sp³-hybridized carbons (Fsp3) is 0.235. The zero-order valence-corrected chi connectivity index (χ0v) is 15.4. The molecule has 144 valence electrons. The highest BCUT2D eigenvalue weighted by atomic mass is 32.2. The Balaban J connectivity index is 2.51. The summed E-state index contributed by atoms with van der Waals surface area (Å²) in [5.41, 5.74) is -0.197. The van der Waals surface area contributed by atoms with Gasteiger partial charge in [-0.1, -0.05) is 18.2 Å². The molecule has 2 aromatic carbocycles. The summed E-state index contributed by atoms with van der Waals surface area (Å²) in [6, 6.07) is 9.60. The highest BCUT2D eigenvalue weighted by Gasteiger charge is 2.34. The lowest BCUT2D eigenvalue weighted by molar-refractivity contribution is -0.385. The molecular formula is C17H18N2O7S. The van der Waals surface area contributed by atoms with Gasteiger partial charge in [0.05, 0.1) is 16.9 Å². The Morgan fingerprint density at radius 2 is 1.81 bits per heavy atom. The van der Waals surface area contributed by atoms with Crippen LogP contribution in [0.3, 0.4) is 0 Å². The van der Waals surface area contributed by atoms with Gasteiger partial charge in [0.25, 0.3) is 5.69 Å². The molecular weight excluding hydrogens is 376 g/mol. The Morgan fingerprint density at radius 3 is 2.33 bits per heavy atom. The van der Waals surface area contributed by atoms with E-state index in [2.05, 4.69) is 0 Å². The van der Waals surface area contributed by atoms with Gasteiger partial charge in [-0.3, -0.25) is 14.9 Å². The van der Waals surface area contributed by atoms with Gasteiger partial charge >= 0.3 is 5.97 Å². The third kappa shape index (κ3) is 4.41. The number of aliphatic carboxylic acids is 1. The summed E-state index contributed by atoms with van der Waals surface area (Å²) in [6.45, 7) is 0.747. The van der Waals surface area contributed by atoms with Crippen molar-refractivity contribution in [3.05, 3.63) is 64.2 Å². The molecule has 1 N–H and O–H groups in total. The van der Waals surface area contributed by atoms with Gasteiger partial charge in [-0.15, -0.1) is 0 Å². The normalized spacial score (nSPS) is 12.6. The van der Waals surface area contributed by atoms with Crippen LogP contribution >= 0.6 is 0 Å². The van der Waals surface area contributed by atoms with Crippen LogP contribution in [0.5, 0.6) is 5.75 Å². The average molecular weight is 394 g/mol. The molecule has 9 nitrogen and oxygen atoms in total. The van der Waals surface area contributed by atoms with E-state index >= 15 is 0 Å². The van der Waals surface area contributed by atoms with Gasteiger partial charge in [0, 0.05) is 18.2 Å². The summed E-state index contributed by atoms with van der Waals surface area (Å²) in [5.74, 6) is -0.934. The zero-order chi connectivity index (χ0) is 20.2. The van der Waals surface area contributed by atoms with Crippen LogP contribution in [-0.4, -0.2) is 41.9 Å². The number of methoxy groups -OCH3 is 1. The second kappa shape index (κ2) is 8.14. The van der Waals surface area contributed by atoms with Crippen molar-refractivity contribution in [2.45, 2.75) is 24.4 Å². The van der Waals surface area contributed by atoms with Gasteiger partial charge in [0.2, 0.25) is 10.0 Å². The summed E-state index contributed by atoms with van der Waals surface area (Å²) in [7, 11) is -2.81. The van der Waals surface area contributed by atoms with E-state index in [1.165, 1.54) is 62.6 Å². The molecule has 0 aliphatic rings. The summed E-state index contributed by atoms with van der Waals surface area (Å²) in [4.78, 5) is 21.9. The number of hydrogen-bond acceptors (Lipinski definition) is 6. The third-order valence-corrected chi connectivity index (χ3v) is 5.90. The van der Waals surface area contributed by atoms with Gasteiger partial charge < -0.3 is 9.84 Å². The molecule has 0 aliphatic carbocycles. The fourth-order valence-electron chi connectivity index (χ4n) is 2.43. The second-order valence-corrected chi connectivity index (χ2v) is 7.52. The van der Waals surface area contributed by atoms with E-state index < -0.39 is 33.5 Å². The van der Waals surface area contributed by atoms with Crippen molar-refractivity contribution in [1.29, 1.82) is 0 Å². The minimum atomic E-state index is -4.24. The van der Waals surface area contributed by atoms with E-state index in [9.17, 15) is 28.4 Å². The molecule has 0 aromatic heterocycles. The Bertz CT molecular complexity index is 942. The Kier molecular flexibility index (Phi) is 6.13. The average Bonchev–Trinajstić information content (AvgIpc) is 2.65. The van der Waals surface area contributed by atoms with Gasteiger partial charge in [0.15, 0.2) is 0 Å². The number of carboxylic acids is 1. The zero-order valence-electron chi connectivity index (χ0n) is 14.6. The molecule has 0 bridgehead atoms. The van der Waals surface area contributed by atoms with Crippen molar-refractivity contribution >= 4 is 21.7 Å². The largest absolute Gasteiger partial charge is 0.497 e. The van der Waals surface area contributed by atoms with Crippen LogP contribution in [0.2, 0.25) is 0 Å². The van der Waals surface area contributed by atoms with Gasteiger partial charge in [0.1, 0.15) is 11.8 Å². The van der Waals surface area contributed by atoms with Crippen molar-refractivity contribution in [3.63, 3.8) is 0 Å². The first-order chi connectivity index (χ1) is 12.7. The monoisotopic (exact) mass is 394 g/mol. The highest BCUT2D eigenvalue weighted by Crippen LogP contribution is 2.26. The second-order valence-electron chi connectivity index (χ2n) is 5.63. The Labute approximate surface area is 156 Å². The van der Waals surface area contributed by atoms with Crippen molar-refractivity contribution in [2.24, 2.45) is 0 Å². The first-order valence-corrected chi connectivity index (χ1v) is 9.23. The maximum absolute atomic E-state index is 13.0. The summed E-state index contributed by atoms with van der Waals surface area (Å²) >= 11 is 0. The molecule has 0 saturated carbocycles. The maximum Gasteiger partial charge on any atom is 0.321 e. The van der Waals surface area contributed by atoms with Crippen LogP contribution in [-0.2, 0) is 21.4 Å². The molecule has 2 rings (SSSR count). The molecule has 0 aliphatic heterocycles. The predicted octanol–water partition coefficient (Wildman–Crippen LogP) is 2.27. The maximum atomic E-state index is 13.0. The topological polar surface area (TPSA) is 127 Å². The van der Waals surface area contributed by atoms with Crippen molar-refractivity contribution < 1.29 is 28.0 Å². The molecule has 0 heterocycles. The summed E-state index contributed by atoms with van der Waals surface area (Å²) in [6.07, 6.45) is 0. The number of hydrogen-bond donors (Lipinski definition) is 1. The SMILES string of the molecule is COc1ccc(S(=O)(=O)N(Cc2ccccc2[N+](=O)[O-])C(C)C(=O)O)cc1. The van der Waals surface area contributed by atoms with Gasteiger partial charge in [-0.25, -0.2) is 8.42 Å². The number of para-hydroxylation sites is 1. The van der Waals surface area contributed by atoms with E-state index in [4.69, 9.17) is 4.74 Å². The number of carbonyl (C=O) groups is 1. The van der Waals surface area contributed by atoms with Crippen molar-refractivity contribution in [1.82, 2.24) is 4.31 Å². The smallest absolute Gasteiger partial charge is 0.321 e. The van der Waals surface area contributed by atoms with Crippen LogP contribution in [0.15, 0.2) is 53.4 Å². The van der Waals surface area contributed by atoms with E-state index in [1.807, 2.05) is 0 Å². The number of rotatable bonds is 8. The van der Waals surface area contributed by atoms with Crippen molar-refractivity contribution in [3.8, 4) is 5.75 Å². The molecule has 10 heteroatoms. The minimum absolute atomic E-state index is 0.0905. The van der Waals surface area contributed by atoms with Crippen LogP contribution < -0.4 is 4.74 Å². The molecule has 0 spiro atoms. The van der Waals surface area contributed by atoms with Crippen molar-refractivity contribution in [2.75, 3.05) is 7.11 Å². The molecule has 1 unspecified atom stereocenters. The molecule has 0 radical (unpaired) electrons. The molecule has 27 heavy (non-hydrogen) atoms. The number of carboxylic acid groups (broad SMARTS) is 1. The lowest BCUT2D eigenvalue weighted by Gasteiger charge is -2.25. The standard InChI is InChI=1S/C17H18N2O7S/c1-12(17(20)21)18(11-13-5-3-4-6-16(13)19(22)23)27(24,25)15-9-7-14(26-2)8-10-15/h3-10,12H,11H2,1-2H3,(H,20,21). The number of sulfonamides is 1. The fourth-order valence-corrected chi connectivity index (χ4v) is 3.99. The summed E-state index contributed by atoms with van der Waals surface area (Å²) in [5, 5.41) is 20.5. The van der Waals surface area contributed by atoms with Gasteiger partial charge in [-0.2, -0.15) is 4.31 Å². The summed E-state index contributed by atoms with van der Waals surface area (Å²) < 4.78 is 31.7. The van der Waals surface area contributed by atoms with E-state index in [0.717, 1.165) is 4.31 Å². The molecule has 0 saturated heterocycles. The number of benzene rings is 2. The van der Waals surface area contributed by atoms with Crippen LogP contribution in [0.1, 0.15) is 12.5 Å². The minimum Gasteiger partial charge on any atom is -0.497 e. The predicted molar refractivity (Wildman–Crippen MR) is 95.9 cm³/mol. The molecule has 1 atom stereocenters. The molecule has 0 amide bonds. The van der Waals surface area contributed by atoms with E-state index in [0.29, 0.717) is 5.75 Å². The van der Waals surface area contributed by atoms with Crippen LogP contribution in [0, 0.1) is 10.1 Å². The lowest BCUT2D eigenvalue weighted by atomic mass is 10.1. The number of nitro groups is 1. The molecule has 0 fully saturated rings. The van der Waals surface area contributed by atoms with E-state index in [-0.39, 0.29) is 16.1 Å². The number of nitrogens with zero attached hydrogens (tertiary/aromatic N) is 2. The van der Waals surface area contributed by atoms with Crippen LogP contribution in [0.4, 0.5) is 5.69 Å². The first kappa shape index (κ1) is 20.3. The number of ether oxygens (including phenoxy) is 1. The highest BCUT2D eigenvalue weighted by molar-refractivity contribution is 7.89. The van der Waals surface area contributed by atoms with Crippen LogP contribution in [0.25, 0.3) is 0 Å².